The van der Waals surface area contributed by atoms with E-state index >= 15 is 0 Å². The summed E-state index contributed by atoms with van der Waals surface area (Å²) in [6.45, 7) is 4.77. The van der Waals surface area contributed by atoms with E-state index in [4.69, 9.17) is 0 Å². The van der Waals surface area contributed by atoms with E-state index in [0.29, 0.717) is 24.4 Å². The number of likely N-dealkylation sites (N-methyl/N-ethyl adjacent to an activating group) is 1. The van der Waals surface area contributed by atoms with Crippen LogP contribution in [0.4, 0.5) is 0 Å². The number of carbonyl (C=O) groups excluding carboxylic acids is 1. The minimum absolute atomic E-state index is 0. The smallest absolute Gasteiger partial charge is 0.234 e. The highest BCUT2D eigenvalue weighted by molar-refractivity contribution is 5.85. The average Bonchev–Trinajstić information content (AvgIpc) is 2.53. The normalized spacial score (nSPS) is 38.8. The van der Waals surface area contributed by atoms with E-state index in [2.05, 4.69) is 29.5 Å². The molecule has 1 saturated heterocycles. The van der Waals surface area contributed by atoms with Gasteiger partial charge >= 0.3 is 0 Å². The van der Waals surface area contributed by atoms with Gasteiger partial charge < -0.3 is 15.7 Å². The van der Waals surface area contributed by atoms with Gasteiger partial charge in [-0.15, -0.1) is 24.8 Å². The molecular formula is C20H37Cl2N3O2. The van der Waals surface area contributed by atoms with Crippen molar-refractivity contribution in [2.75, 3.05) is 26.7 Å². The number of piperidine rings is 1. The van der Waals surface area contributed by atoms with E-state index in [-0.39, 0.29) is 42.2 Å². The number of carbonyl (C=O) groups is 1. The molecule has 0 aromatic carbocycles. The van der Waals surface area contributed by atoms with Gasteiger partial charge in [-0.2, -0.15) is 0 Å². The lowest BCUT2D eigenvalue weighted by Crippen LogP contribution is -2.62. The second-order valence-electron chi connectivity index (χ2n) is 9.73. The van der Waals surface area contributed by atoms with Gasteiger partial charge in [0.05, 0.1) is 12.1 Å². The minimum Gasteiger partial charge on any atom is -0.390 e. The largest absolute Gasteiger partial charge is 0.390 e. The van der Waals surface area contributed by atoms with Crippen LogP contribution in [0.3, 0.4) is 0 Å². The van der Waals surface area contributed by atoms with Crippen molar-refractivity contribution in [2.24, 2.45) is 17.3 Å². The maximum atomic E-state index is 12.6. The first-order valence-electron chi connectivity index (χ1n) is 10.3. The van der Waals surface area contributed by atoms with Crippen molar-refractivity contribution in [1.82, 2.24) is 15.5 Å². The van der Waals surface area contributed by atoms with Gasteiger partial charge in [0.1, 0.15) is 0 Å². The van der Waals surface area contributed by atoms with Crippen LogP contribution in [0.15, 0.2) is 0 Å². The second kappa shape index (κ2) is 8.74. The van der Waals surface area contributed by atoms with Gasteiger partial charge in [-0.05, 0) is 95.7 Å². The van der Waals surface area contributed by atoms with Crippen LogP contribution < -0.4 is 10.6 Å². The molecule has 158 valence electrons. The molecule has 5 fully saturated rings. The van der Waals surface area contributed by atoms with Crippen LogP contribution in [-0.2, 0) is 4.79 Å². The van der Waals surface area contributed by atoms with Crippen molar-refractivity contribution in [3.05, 3.63) is 0 Å². The highest BCUT2D eigenvalue weighted by Gasteiger charge is 2.59. The Hall–Kier alpha value is -0.0700. The molecule has 5 aliphatic rings. The van der Waals surface area contributed by atoms with Crippen molar-refractivity contribution in [3.8, 4) is 0 Å². The molecule has 1 heterocycles. The van der Waals surface area contributed by atoms with Crippen LogP contribution in [0.5, 0.6) is 0 Å². The first-order valence-corrected chi connectivity index (χ1v) is 10.3. The van der Waals surface area contributed by atoms with Crippen LogP contribution in [0, 0.1) is 17.3 Å². The number of amides is 1. The molecule has 0 radical (unpaired) electrons. The highest BCUT2D eigenvalue weighted by Crippen LogP contribution is 2.62. The molecule has 4 saturated carbocycles. The van der Waals surface area contributed by atoms with Crippen molar-refractivity contribution in [3.63, 3.8) is 0 Å². The van der Waals surface area contributed by atoms with E-state index in [1.807, 2.05) is 0 Å². The van der Waals surface area contributed by atoms with Gasteiger partial charge in [0.25, 0.3) is 0 Å². The quantitative estimate of drug-likeness (QED) is 0.637. The van der Waals surface area contributed by atoms with Crippen molar-refractivity contribution in [2.45, 2.75) is 76.0 Å². The van der Waals surface area contributed by atoms with Gasteiger partial charge in [-0.25, -0.2) is 0 Å². The number of hydrogen-bond donors (Lipinski definition) is 3. The summed E-state index contributed by atoms with van der Waals surface area (Å²) < 4.78 is 0. The van der Waals surface area contributed by atoms with E-state index in [1.165, 1.54) is 19.3 Å². The van der Waals surface area contributed by atoms with E-state index in [9.17, 15) is 9.90 Å². The Morgan fingerprint density at radius 1 is 1.19 bits per heavy atom. The molecule has 5 nitrogen and oxygen atoms in total. The molecule has 27 heavy (non-hydrogen) atoms. The summed E-state index contributed by atoms with van der Waals surface area (Å²) in [6, 6.07) is 0.682. The Morgan fingerprint density at radius 3 is 2.33 bits per heavy atom. The Balaban J connectivity index is 0.00000131. The molecule has 3 unspecified atom stereocenters. The van der Waals surface area contributed by atoms with Crippen LogP contribution >= 0.6 is 24.8 Å². The zero-order valence-corrected chi connectivity index (χ0v) is 18.3. The molecule has 4 bridgehead atoms. The molecule has 3 atom stereocenters. The van der Waals surface area contributed by atoms with Crippen LogP contribution in [0.25, 0.3) is 0 Å². The molecule has 1 amide bonds. The summed E-state index contributed by atoms with van der Waals surface area (Å²) in [6.07, 6.45) is 8.80. The summed E-state index contributed by atoms with van der Waals surface area (Å²) >= 11 is 0. The zero-order chi connectivity index (χ0) is 17.7. The Bertz CT molecular complexity index is 513. The summed E-state index contributed by atoms with van der Waals surface area (Å²) in [5, 5.41) is 17.6. The molecule has 5 rings (SSSR count). The molecule has 0 spiro atoms. The molecule has 0 aromatic rings. The first kappa shape index (κ1) is 23.2. The molecule has 7 heteroatoms. The first-order chi connectivity index (χ1) is 11.9. The number of aliphatic hydroxyl groups is 1. The topological polar surface area (TPSA) is 64.6 Å². The standard InChI is InChI=1S/C20H35N3O2.2ClH/c1-14(22-18(24)12-23(2)17-3-5-21-6-4-17)19-8-15-7-16(9-19)11-20(25,10-15)13-19;;/h14-17,21,25H,3-13H2,1-2H3,(H,22,24);2*1H. The predicted octanol–water partition coefficient (Wildman–Crippen LogP) is 2.35. The predicted molar refractivity (Wildman–Crippen MR) is 113 cm³/mol. The number of nitrogens with zero attached hydrogens (tertiary/aromatic N) is 1. The molecule has 1 aliphatic heterocycles. The minimum atomic E-state index is -0.449. The van der Waals surface area contributed by atoms with E-state index in [0.717, 1.165) is 45.2 Å². The molecule has 0 aromatic heterocycles. The zero-order valence-electron chi connectivity index (χ0n) is 16.7. The van der Waals surface area contributed by atoms with Crippen LogP contribution in [-0.4, -0.2) is 60.3 Å². The summed E-state index contributed by atoms with van der Waals surface area (Å²) in [5.74, 6) is 1.49. The van der Waals surface area contributed by atoms with Gasteiger partial charge in [0.15, 0.2) is 0 Å². The summed E-state index contributed by atoms with van der Waals surface area (Å²) in [7, 11) is 2.08. The van der Waals surface area contributed by atoms with Gasteiger partial charge in [-0.3, -0.25) is 9.69 Å². The lowest BCUT2D eigenvalue weighted by molar-refractivity contribution is -0.173. The van der Waals surface area contributed by atoms with Gasteiger partial charge in [0.2, 0.25) is 5.91 Å². The highest BCUT2D eigenvalue weighted by atomic mass is 35.5. The van der Waals surface area contributed by atoms with Crippen LogP contribution in [0.1, 0.15) is 58.3 Å². The third-order valence-corrected chi connectivity index (χ3v) is 7.70. The fourth-order valence-electron chi connectivity index (χ4n) is 6.83. The molecule has 3 N–H and O–H groups in total. The summed E-state index contributed by atoms with van der Waals surface area (Å²) in [4.78, 5) is 14.9. The lowest BCUT2D eigenvalue weighted by Gasteiger charge is -2.62. The number of hydrogen-bond acceptors (Lipinski definition) is 4. The van der Waals surface area contributed by atoms with Crippen molar-refractivity contribution in [1.29, 1.82) is 0 Å². The maximum absolute atomic E-state index is 12.6. The van der Waals surface area contributed by atoms with Gasteiger partial charge in [0, 0.05) is 12.1 Å². The van der Waals surface area contributed by atoms with Gasteiger partial charge in [-0.1, -0.05) is 0 Å². The monoisotopic (exact) mass is 421 g/mol. The number of rotatable bonds is 5. The fraction of sp³-hybridized carbons (Fsp3) is 0.950. The maximum Gasteiger partial charge on any atom is 0.234 e. The van der Waals surface area contributed by atoms with E-state index < -0.39 is 5.60 Å². The van der Waals surface area contributed by atoms with E-state index in [1.54, 1.807) is 0 Å². The number of nitrogens with one attached hydrogen (secondary N) is 2. The molecular weight excluding hydrogens is 385 g/mol. The summed E-state index contributed by atoms with van der Waals surface area (Å²) in [5.41, 5.74) is -0.323. The Kier molecular flexibility index (Phi) is 7.52. The second-order valence-corrected chi connectivity index (χ2v) is 9.73. The van der Waals surface area contributed by atoms with Crippen molar-refractivity contribution >= 4 is 30.7 Å². The van der Waals surface area contributed by atoms with Crippen LogP contribution in [0.2, 0.25) is 0 Å². The average molecular weight is 422 g/mol. The molecule has 4 aliphatic carbocycles. The number of halogens is 2. The third-order valence-electron chi connectivity index (χ3n) is 7.70. The third kappa shape index (κ3) is 4.75. The SMILES string of the molecule is CC(NC(=O)CN(C)C1CCNCC1)C12CC3CC(CC(O)(C3)C1)C2.Cl.Cl. The Labute approximate surface area is 176 Å². The Morgan fingerprint density at radius 2 is 1.78 bits per heavy atom. The van der Waals surface area contributed by atoms with Crippen molar-refractivity contribution < 1.29 is 9.90 Å². The fourth-order valence-corrected chi connectivity index (χ4v) is 6.83. The lowest BCUT2D eigenvalue weighted by atomic mass is 9.46.